The fourth-order valence-electron chi connectivity index (χ4n) is 2.71. The molecular formula is C22H19N3O2. The predicted molar refractivity (Wildman–Crippen MR) is 107 cm³/mol. The number of para-hydroxylation sites is 1. The molecule has 0 saturated heterocycles. The molecule has 1 heterocycles. The van der Waals surface area contributed by atoms with E-state index in [0.717, 1.165) is 40.0 Å². The van der Waals surface area contributed by atoms with Crippen LogP contribution in [-0.4, -0.2) is 17.3 Å². The third-order valence-electron chi connectivity index (χ3n) is 4.06. The molecule has 0 unspecified atom stereocenters. The van der Waals surface area contributed by atoms with Crippen molar-refractivity contribution in [1.82, 2.24) is 10.2 Å². The Bertz CT molecular complexity index is 1010. The molecule has 0 atom stereocenters. The molecule has 1 aromatic heterocycles. The van der Waals surface area contributed by atoms with E-state index in [-0.39, 0.29) is 0 Å². The molecule has 0 amide bonds. The van der Waals surface area contributed by atoms with E-state index < -0.39 is 0 Å². The third-order valence-corrected chi connectivity index (χ3v) is 4.06. The second kappa shape index (κ2) is 7.66. The molecule has 0 aliphatic heterocycles. The van der Waals surface area contributed by atoms with E-state index in [9.17, 15) is 0 Å². The van der Waals surface area contributed by atoms with Gasteiger partial charge >= 0.3 is 0 Å². The zero-order valence-corrected chi connectivity index (χ0v) is 14.8. The second-order valence-electron chi connectivity index (χ2n) is 5.96. The van der Waals surface area contributed by atoms with Gasteiger partial charge in [0.25, 0.3) is 0 Å². The van der Waals surface area contributed by atoms with E-state index in [0.29, 0.717) is 0 Å². The molecule has 2 N–H and O–H groups in total. The van der Waals surface area contributed by atoms with Crippen LogP contribution >= 0.6 is 0 Å². The number of anilines is 2. The van der Waals surface area contributed by atoms with Gasteiger partial charge in [-0.2, -0.15) is 5.10 Å². The molecule has 0 spiro atoms. The Morgan fingerprint density at radius 2 is 1.56 bits per heavy atom. The highest BCUT2D eigenvalue weighted by Crippen LogP contribution is 2.27. The summed E-state index contributed by atoms with van der Waals surface area (Å²) in [6.45, 7) is 0. The predicted octanol–water partition coefficient (Wildman–Crippen LogP) is 5.62. The summed E-state index contributed by atoms with van der Waals surface area (Å²) in [4.78, 5) is 0. The maximum atomic E-state index is 5.87. The first-order valence-electron chi connectivity index (χ1n) is 8.60. The summed E-state index contributed by atoms with van der Waals surface area (Å²) in [5.41, 5.74) is 2.87. The van der Waals surface area contributed by atoms with Crippen molar-refractivity contribution in [3.63, 3.8) is 0 Å². The minimum Gasteiger partial charge on any atom is -0.497 e. The number of hydrogen-bond donors (Lipinski definition) is 2. The lowest BCUT2D eigenvalue weighted by atomic mass is 10.1. The number of hydrogen-bond acceptors (Lipinski definition) is 4. The molecule has 0 aliphatic rings. The van der Waals surface area contributed by atoms with Crippen LogP contribution in [0.5, 0.6) is 17.2 Å². The van der Waals surface area contributed by atoms with Gasteiger partial charge in [0.2, 0.25) is 0 Å². The Morgan fingerprint density at radius 3 is 2.33 bits per heavy atom. The van der Waals surface area contributed by atoms with Gasteiger partial charge in [0.05, 0.1) is 12.8 Å². The monoisotopic (exact) mass is 357 g/mol. The van der Waals surface area contributed by atoms with Crippen molar-refractivity contribution < 1.29 is 9.47 Å². The highest BCUT2D eigenvalue weighted by atomic mass is 16.5. The van der Waals surface area contributed by atoms with Crippen LogP contribution in [0.25, 0.3) is 11.3 Å². The van der Waals surface area contributed by atoms with Gasteiger partial charge in [-0.3, -0.25) is 5.10 Å². The van der Waals surface area contributed by atoms with Crippen molar-refractivity contribution in [2.24, 2.45) is 0 Å². The Labute approximate surface area is 157 Å². The molecule has 0 fully saturated rings. The summed E-state index contributed by atoms with van der Waals surface area (Å²) in [5, 5.41) is 10.7. The first kappa shape index (κ1) is 16.7. The number of methoxy groups -OCH3 is 1. The number of H-pyrrole nitrogens is 1. The van der Waals surface area contributed by atoms with Crippen LogP contribution in [-0.2, 0) is 0 Å². The summed E-state index contributed by atoms with van der Waals surface area (Å²) in [6, 6.07) is 27.3. The van der Waals surface area contributed by atoms with Crippen molar-refractivity contribution in [2.45, 2.75) is 0 Å². The van der Waals surface area contributed by atoms with Crippen molar-refractivity contribution in [3.05, 3.63) is 84.9 Å². The minimum atomic E-state index is 0.734. The first-order valence-corrected chi connectivity index (χ1v) is 8.60. The average Bonchev–Trinajstić information content (AvgIpc) is 3.17. The van der Waals surface area contributed by atoms with Gasteiger partial charge < -0.3 is 14.8 Å². The molecule has 0 aliphatic carbocycles. The van der Waals surface area contributed by atoms with Crippen LogP contribution in [0.4, 0.5) is 11.5 Å². The summed E-state index contributed by atoms with van der Waals surface area (Å²) in [6.07, 6.45) is 0. The van der Waals surface area contributed by atoms with E-state index >= 15 is 0 Å². The smallest absolute Gasteiger partial charge is 0.152 e. The maximum absolute atomic E-state index is 5.87. The lowest BCUT2D eigenvalue weighted by Crippen LogP contribution is -1.91. The molecule has 3 aromatic carbocycles. The topological polar surface area (TPSA) is 59.2 Å². The van der Waals surface area contributed by atoms with Gasteiger partial charge in [0.15, 0.2) is 5.82 Å². The average molecular weight is 357 g/mol. The van der Waals surface area contributed by atoms with Gasteiger partial charge in [-0.05, 0) is 54.1 Å². The quantitative estimate of drug-likeness (QED) is 0.470. The lowest BCUT2D eigenvalue weighted by molar-refractivity contribution is 0.415. The van der Waals surface area contributed by atoms with E-state index in [1.807, 2.05) is 84.9 Å². The van der Waals surface area contributed by atoms with E-state index in [1.54, 1.807) is 7.11 Å². The van der Waals surface area contributed by atoms with Gasteiger partial charge in [0.1, 0.15) is 17.2 Å². The number of nitrogens with one attached hydrogen (secondary N) is 2. The summed E-state index contributed by atoms with van der Waals surface area (Å²) < 4.78 is 11.1. The van der Waals surface area contributed by atoms with Gasteiger partial charge in [0, 0.05) is 17.8 Å². The van der Waals surface area contributed by atoms with Crippen LogP contribution in [0.3, 0.4) is 0 Å². The molecule has 0 bridgehead atoms. The molecule has 27 heavy (non-hydrogen) atoms. The molecule has 134 valence electrons. The Kier molecular flexibility index (Phi) is 4.74. The highest BCUT2D eigenvalue weighted by Gasteiger charge is 2.05. The molecular weight excluding hydrogens is 338 g/mol. The van der Waals surface area contributed by atoms with Crippen LogP contribution in [0.15, 0.2) is 84.9 Å². The molecule has 0 saturated carbocycles. The van der Waals surface area contributed by atoms with Crippen molar-refractivity contribution in [2.75, 3.05) is 12.4 Å². The minimum absolute atomic E-state index is 0.734. The normalized spacial score (nSPS) is 10.4. The van der Waals surface area contributed by atoms with Crippen LogP contribution in [0.2, 0.25) is 0 Å². The number of ether oxygens (including phenoxy) is 2. The first-order chi connectivity index (χ1) is 13.3. The lowest BCUT2D eigenvalue weighted by Gasteiger charge is -2.08. The van der Waals surface area contributed by atoms with Crippen LogP contribution in [0.1, 0.15) is 0 Å². The van der Waals surface area contributed by atoms with E-state index in [2.05, 4.69) is 15.5 Å². The summed E-state index contributed by atoms with van der Waals surface area (Å²) in [7, 11) is 1.66. The number of rotatable bonds is 6. The summed E-state index contributed by atoms with van der Waals surface area (Å²) >= 11 is 0. The maximum Gasteiger partial charge on any atom is 0.152 e. The Morgan fingerprint density at radius 1 is 0.778 bits per heavy atom. The zero-order valence-electron chi connectivity index (χ0n) is 14.8. The fourth-order valence-corrected chi connectivity index (χ4v) is 2.71. The van der Waals surface area contributed by atoms with Crippen LogP contribution in [0, 0.1) is 0 Å². The van der Waals surface area contributed by atoms with Crippen LogP contribution < -0.4 is 14.8 Å². The second-order valence-corrected chi connectivity index (χ2v) is 5.96. The SMILES string of the molecule is COc1ccc(-c2cc(Nc3cccc(Oc4ccccc4)c3)n[nH]2)cc1. The third kappa shape index (κ3) is 4.10. The largest absolute Gasteiger partial charge is 0.497 e. The Balaban J connectivity index is 1.48. The molecule has 0 radical (unpaired) electrons. The number of benzene rings is 3. The van der Waals surface area contributed by atoms with E-state index in [1.165, 1.54) is 0 Å². The molecule has 4 rings (SSSR count). The standard InChI is InChI=1S/C22H19N3O2/c1-26-18-12-10-16(11-13-18)21-15-22(25-24-21)23-17-6-5-9-20(14-17)27-19-7-3-2-4-8-19/h2-15H,1H3,(H2,23,24,25). The van der Waals surface area contributed by atoms with Crippen molar-refractivity contribution in [1.29, 1.82) is 0 Å². The zero-order chi connectivity index (χ0) is 18.5. The van der Waals surface area contributed by atoms with Gasteiger partial charge in [-0.1, -0.05) is 24.3 Å². The fraction of sp³-hybridized carbons (Fsp3) is 0.0455. The van der Waals surface area contributed by atoms with Gasteiger partial charge in [-0.25, -0.2) is 0 Å². The van der Waals surface area contributed by atoms with Gasteiger partial charge in [-0.15, -0.1) is 0 Å². The number of nitrogens with zero attached hydrogens (tertiary/aromatic N) is 1. The highest BCUT2D eigenvalue weighted by molar-refractivity contribution is 5.67. The number of aromatic nitrogens is 2. The Hall–Kier alpha value is -3.73. The molecule has 4 aromatic rings. The van der Waals surface area contributed by atoms with Crippen molar-refractivity contribution >= 4 is 11.5 Å². The molecule has 5 heteroatoms. The summed E-state index contributed by atoms with van der Waals surface area (Å²) in [5.74, 6) is 3.12. The number of aromatic amines is 1. The molecule has 5 nitrogen and oxygen atoms in total. The van der Waals surface area contributed by atoms with E-state index in [4.69, 9.17) is 9.47 Å². The van der Waals surface area contributed by atoms with Crippen molar-refractivity contribution in [3.8, 4) is 28.5 Å².